The van der Waals surface area contributed by atoms with Crippen LogP contribution in [-0.2, 0) is 0 Å². The SMILES string of the molecule is C=C(CO)[C@@H](C)[C@H](Nc1ccccc1O)c1cccc2c1OCO2. The molecule has 2 atom stereocenters. The molecule has 0 fully saturated rings. The molecule has 2 aromatic rings. The predicted molar refractivity (Wildman–Crippen MR) is 92.4 cm³/mol. The standard InChI is InChI=1S/C19H21NO4/c1-12(10-21)13(2)18(20-15-7-3-4-8-16(15)22)14-6-5-9-17-19(14)24-11-23-17/h3-9,13,18,20-22H,1,10-11H2,2H3/t13-,18+/m1/s1. The molecule has 0 bridgehead atoms. The minimum atomic E-state index is -0.241. The lowest BCUT2D eigenvalue weighted by molar-refractivity contribution is 0.172. The summed E-state index contributed by atoms with van der Waals surface area (Å²) >= 11 is 0. The van der Waals surface area contributed by atoms with E-state index in [9.17, 15) is 10.2 Å². The van der Waals surface area contributed by atoms with Crippen LogP contribution in [0, 0.1) is 5.92 Å². The quantitative estimate of drug-likeness (QED) is 0.560. The number of phenols is 1. The molecule has 3 N–H and O–H groups in total. The minimum Gasteiger partial charge on any atom is -0.506 e. The Morgan fingerprint density at radius 3 is 2.75 bits per heavy atom. The summed E-state index contributed by atoms with van der Waals surface area (Å²) < 4.78 is 11.1. The van der Waals surface area contributed by atoms with Crippen LogP contribution in [-0.4, -0.2) is 23.6 Å². The molecule has 5 heteroatoms. The first kappa shape index (κ1) is 16.2. The first-order valence-electron chi connectivity index (χ1n) is 7.83. The van der Waals surface area contributed by atoms with Crippen LogP contribution in [0.2, 0.25) is 0 Å². The van der Waals surface area contributed by atoms with E-state index in [0.717, 1.165) is 5.56 Å². The Morgan fingerprint density at radius 1 is 1.21 bits per heavy atom. The van der Waals surface area contributed by atoms with Gasteiger partial charge in [0.25, 0.3) is 0 Å². The second-order valence-electron chi connectivity index (χ2n) is 5.83. The van der Waals surface area contributed by atoms with Gasteiger partial charge in [-0.2, -0.15) is 0 Å². The highest BCUT2D eigenvalue weighted by Gasteiger charge is 2.28. The van der Waals surface area contributed by atoms with Crippen LogP contribution in [0.4, 0.5) is 5.69 Å². The number of rotatable bonds is 6. The molecule has 5 nitrogen and oxygen atoms in total. The van der Waals surface area contributed by atoms with E-state index in [1.165, 1.54) is 0 Å². The fourth-order valence-corrected chi connectivity index (χ4v) is 2.81. The summed E-state index contributed by atoms with van der Waals surface area (Å²) in [6.45, 7) is 6.01. The highest BCUT2D eigenvalue weighted by atomic mass is 16.7. The van der Waals surface area contributed by atoms with Gasteiger partial charge >= 0.3 is 0 Å². The van der Waals surface area contributed by atoms with Crippen molar-refractivity contribution in [1.29, 1.82) is 0 Å². The van der Waals surface area contributed by atoms with Gasteiger partial charge in [-0.05, 0) is 23.8 Å². The largest absolute Gasteiger partial charge is 0.506 e. The highest BCUT2D eigenvalue weighted by molar-refractivity contribution is 5.59. The van der Waals surface area contributed by atoms with Crippen LogP contribution in [0.1, 0.15) is 18.5 Å². The third kappa shape index (κ3) is 3.03. The molecule has 0 spiro atoms. The van der Waals surface area contributed by atoms with Crippen molar-refractivity contribution in [1.82, 2.24) is 0 Å². The van der Waals surface area contributed by atoms with E-state index >= 15 is 0 Å². The van der Waals surface area contributed by atoms with E-state index in [4.69, 9.17) is 9.47 Å². The van der Waals surface area contributed by atoms with Crippen LogP contribution < -0.4 is 14.8 Å². The number of anilines is 1. The monoisotopic (exact) mass is 327 g/mol. The maximum atomic E-state index is 10.1. The number of hydrogen-bond donors (Lipinski definition) is 3. The Morgan fingerprint density at radius 2 is 2.00 bits per heavy atom. The Balaban J connectivity index is 2.01. The number of hydrogen-bond acceptors (Lipinski definition) is 5. The van der Waals surface area contributed by atoms with Gasteiger partial charge in [-0.3, -0.25) is 0 Å². The third-order valence-corrected chi connectivity index (χ3v) is 4.32. The zero-order valence-electron chi connectivity index (χ0n) is 13.5. The summed E-state index contributed by atoms with van der Waals surface area (Å²) in [5.74, 6) is 1.45. The predicted octanol–water partition coefficient (Wildman–Crippen LogP) is 3.46. The van der Waals surface area contributed by atoms with E-state index in [2.05, 4.69) is 11.9 Å². The molecule has 0 aromatic heterocycles. The number of nitrogens with one attached hydrogen (secondary N) is 1. The summed E-state index contributed by atoms with van der Waals surface area (Å²) in [5.41, 5.74) is 2.20. The van der Waals surface area contributed by atoms with Crippen molar-refractivity contribution in [3.05, 3.63) is 60.2 Å². The van der Waals surface area contributed by atoms with Gasteiger partial charge in [-0.1, -0.05) is 37.8 Å². The van der Waals surface area contributed by atoms with E-state index in [1.54, 1.807) is 18.2 Å². The first-order valence-corrected chi connectivity index (χ1v) is 7.83. The summed E-state index contributed by atoms with van der Waals surface area (Å²) in [4.78, 5) is 0. The number of aliphatic hydroxyl groups is 1. The van der Waals surface area contributed by atoms with Gasteiger partial charge in [0, 0.05) is 11.5 Å². The van der Waals surface area contributed by atoms with Crippen molar-refractivity contribution in [3.63, 3.8) is 0 Å². The van der Waals surface area contributed by atoms with Crippen molar-refractivity contribution < 1.29 is 19.7 Å². The fourth-order valence-electron chi connectivity index (χ4n) is 2.81. The summed E-state index contributed by atoms with van der Waals surface area (Å²) in [5, 5.41) is 22.9. The van der Waals surface area contributed by atoms with Gasteiger partial charge in [0.2, 0.25) is 6.79 Å². The molecular weight excluding hydrogens is 306 g/mol. The van der Waals surface area contributed by atoms with Gasteiger partial charge in [0.15, 0.2) is 11.5 Å². The zero-order chi connectivity index (χ0) is 17.1. The number of para-hydroxylation sites is 3. The average molecular weight is 327 g/mol. The topological polar surface area (TPSA) is 71.0 Å². The molecular formula is C19H21NO4. The minimum absolute atomic E-state index is 0.0923. The molecule has 2 aromatic carbocycles. The molecule has 0 saturated heterocycles. The average Bonchev–Trinajstić information content (AvgIpc) is 3.08. The number of phenolic OH excluding ortho intramolecular Hbond substituents is 1. The van der Waals surface area contributed by atoms with Gasteiger partial charge in [-0.25, -0.2) is 0 Å². The van der Waals surface area contributed by atoms with E-state index in [0.29, 0.717) is 22.8 Å². The molecule has 0 aliphatic carbocycles. The lowest BCUT2D eigenvalue weighted by Crippen LogP contribution is -2.22. The number of aliphatic hydroxyl groups excluding tert-OH is 1. The highest BCUT2D eigenvalue weighted by Crippen LogP contribution is 2.43. The van der Waals surface area contributed by atoms with E-state index in [-0.39, 0.29) is 31.1 Å². The smallest absolute Gasteiger partial charge is 0.231 e. The van der Waals surface area contributed by atoms with Crippen molar-refractivity contribution in [2.75, 3.05) is 18.7 Å². The molecule has 0 unspecified atom stereocenters. The van der Waals surface area contributed by atoms with Crippen molar-refractivity contribution >= 4 is 5.69 Å². The van der Waals surface area contributed by atoms with Crippen LogP contribution in [0.15, 0.2) is 54.6 Å². The number of benzene rings is 2. The van der Waals surface area contributed by atoms with Crippen LogP contribution in [0.25, 0.3) is 0 Å². The number of fused-ring (bicyclic) bond motifs is 1. The molecule has 24 heavy (non-hydrogen) atoms. The van der Waals surface area contributed by atoms with E-state index in [1.807, 2.05) is 31.2 Å². The van der Waals surface area contributed by atoms with Gasteiger partial charge in [0.05, 0.1) is 18.3 Å². The summed E-state index contributed by atoms with van der Waals surface area (Å²) in [7, 11) is 0. The van der Waals surface area contributed by atoms with Gasteiger partial charge in [0.1, 0.15) is 5.75 Å². The Hall–Kier alpha value is -2.66. The first-order chi connectivity index (χ1) is 11.6. The lowest BCUT2D eigenvalue weighted by Gasteiger charge is -2.28. The third-order valence-electron chi connectivity index (χ3n) is 4.32. The van der Waals surface area contributed by atoms with Crippen molar-refractivity contribution in [3.8, 4) is 17.2 Å². The molecule has 0 radical (unpaired) electrons. The number of ether oxygens (including phenoxy) is 2. The molecule has 0 amide bonds. The molecule has 1 aliphatic rings. The van der Waals surface area contributed by atoms with Gasteiger partial charge < -0.3 is 25.0 Å². The molecule has 0 saturated carbocycles. The second-order valence-corrected chi connectivity index (χ2v) is 5.83. The van der Waals surface area contributed by atoms with Crippen molar-refractivity contribution in [2.45, 2.75) is 13.0 Å². The van der Waals surface area contributed by atoms with Crippen LogP contribution in [0.5, 0.6) is 17.2 Å². The summed E-state index contributed by atoms with van der Waals surface area (Å²) in [6.07, 6.45) is 0. The Labute approximate surface area is 141 Å². The molecule has 1 heterocycles. The normalized spacial score (nSPS) is 14.9. The Kier molecular flexibility index (Phi) is 4.62. The molecule has 1 aliphatic heterocycles. The Bertz CT molecular complexity index is 744. The maximum Gasteiger partial charge on any atom is 0.231 e. The molecule has 126 valence electrons. The van der Waals surface area contributed by atoms with Crippen molar-refractivity contribution in [2.24, 2.45) is 5.92 Å². The van der Waals surface area contributed by atoms with Crippen LogP contribution in [0.3, 0.4) is 0 Å². The lowest BCUT2D eigenvalue weighted by atomic mass is 9.88. The van der Waals surface area contributed by atoms with Gasteiger partial charge in [-0.15, -0.1) is 0 Å². The van der Waals surface area contributed by atoms with Crippen LogP contribution >= 0.6 is 0 Å². The zero-order valence-corrected chi connectivity index (χ0v) is 13.5. The number of aromatic hydroxyl groups is 1. The fraction of sp³-hybridized carbons (Fsp3) is 0.263. The summed E-state index contributed by atoms with van der Waals surface area (Å²) in [6, 6.07) is 12.5. The van der Waals surface area contributed by atoms with E-state index < -0.39 is 0 Å². The molecule has 3 rings (SSSR count). The maximum absolute atomic E-state index is 10.1. The second kappa shape index (κ2) is 6.84.